The summed E-state index contributed by atoms with van der Waals surface area (Å²) in [5, 5.41) is 3.10. The summed E-state index contributed by atoms with van der Waals surface area (Å²) in [6, 6.07) is 20.8. The molecular formula is C23H33N3O. The van der Waals surface area contributed by atoms with Crippen molar-refractivity contribution in [2.24, 2.45) is 17.4 Å². The number of aryl methyl sites for hydroxylation is 2. The highest BCUT2D eigenvalue weighted by molar-refractivity contribution is 5.78. The molecule has 0 saturated carbocycles. The molecule has 0 aromatic heterocycles. The van der Waals surface area contributed by atoms with E-state index in [9.17, 15) is 4.79 Å². The van der Waals surface area contributed by atoms with E-state index in [-0.39, 0.29) is 17.9 Å². The van der Waals surface area contributed by atoms with Crippen molar-refractivity contribution < 1.29 is 4.79 Å². The van der Waals surface area contributed by atoms with E-state index in [0.29, 0.717) is 13.1 Å². The summed E-state index contributed by atoms with van der Waals surface area (Å²) in [4.78, 5) is 12.7. The third-order valence-electron chi connectivity index (χ3n) is 4.97. The van der Waals surface area contributed by atoms with Crippen molar-refractivity contribution in [3.8, 4) is 0 Å². The van der Waals surface area contributed by atoms with Gasteiger partial charge in [0, 0.05) is 25.0 Å². The molecule has 0 heterocycles. The Hall–Kier alpha value is -2.17. The Kier molecular flexibility index (Phi) is 9.60. The average molecular weight is 368 g/mol. The van der Waals surface area contributed by atoms with Crippen LogP contribution in [-0.2, 0) is 17.6 Å². The highest BCUT2D eigenvalue weighted by Crippen LogP contribution is 2.17. The van der Waals surface area contributed by atoms with Gasteiger partial charge in [-0.05, 0) is 49.7 Å². The largest absolute Gasteiger partial charge is 0.356 e. The Morgan fingerprint density at radius 1 is 0.852 bits per heavy atom. The first-order valence-corrected chi connectivity index (χ1v) is 10.00. The summed E-state index contributed by atoms with van der Waals surface area (Å²) in [6.45, 7) is 1.16. The summed E-state index contributed by atoms with van der Waals surface area (Å²) in [5.74, 6) is 0.178. The molecular weight excluding hydrogens is 334 g/mol. The smallest absolute Gasteiger partial charge is 0.223 e. The van der Waals surface area contributed by atoms with Crippen LogP contribution in [0, 0.1) is 5.92 Å². The molecule has 4 heteroatoms. The number of rotatable bonds is 12. The fourth-order valence-corrected chi connectivity index (χ4v) is 3.22. The minimum atomic E-state index is 0.0218. The summed E-state index contributed by atoms with van der Waals surface area (Å²) >= 11 is 0. The van der Waals surface area contributed by atoms with E-state index in [1.54, 1.807) is 0 Å². The van der Waals surface area contributed by atoms with Crippen LogP contribution in [0.4, 0.5) is 0 Å². The summed E-state index contributed by atoms with van der Waals surface area (Å²) in [7, 11) is 0. The van der Waals surface area contributed by atoms with E-state index < -0.39 is 0 Å². The number of hydrogen-bond acceptors (Lipinski definition) is 3. The lowest BCUT2D eigenvalue weighted by Crippen LogP contribution is -2.34. The fourth-order valence-electron chi connectivity index (χ4n) is 3.22. The van der Waals surface area contributed by atoms with Crippen LogP contribution in [0.25, 0.3) is 0 Å². The molecule has 0 fully saturated rings. The fraction of sp³-hybridized carbons (Fsp3) is 0.435. The maximum absolute atomic E-state index is 12.7. The van der Waals surface area contributed by atoms with Crippen LogP contribution < -0.4 is 16.8 Å². The molecule has 2 aromatic rings. The summed E-state index contributed by atoms with van der Waals surface area (Å²) < 4.78 is 0. The van der Waals surface area contributed by atoms with Gasteiger partial charge in [0.2, 0.25) is 5.91 Å². The highest BCUT2D eigenvalue weighted by atomic mass is 16.1. The second-order valence-electron chi connectivity index (χ2n) is 7.17. The van der Waals surface area contributed by atoms with Gasteiger partial charge in [-0.1, -0.05) is 60.7 Å². The van der Waals surface area contributed by atoms with Crippen molar-refractivity contribution in [3.05, 3.63) is 71.8 Å². The van der Waals surface area contributed by atoms with Crippen molar-refractivity contribution >= 4 is 5.91 Å². The molecule has 1 atom stereocenters. The predicted molar refractivity (Wildman–Crippen MR) is 112 cm³/mol. The van der Waals surface area contributed by atoms with Crippen molar-refractivity contribution in [1.29, 1.82) is 0 Å². The monoisotopic (exact) mass is 367 g/mol. The van der Waals surface area contributed by atoms with Crippen LogP contribution in [0.5, 0.6) is 0 Å². The van der Waals surface area contributed by atoms with Crippen molar-refractivity contribution in [2.75, 3.05) is 13.1 Å². The molecule has 0 saturated heterocycles. The molecule has 0 spiro atoms. The molecule has 27 heavy (non-hydrogen) atoms. The zero-order valence-electron chi connectivity index (χ0n) is 16.1. The molecule has 1 unspecified atom stereocenters. The van der Waals surface area contributed by atoms with Gasteiger partial charge in [0.05, 0.1) is 0 Å². The number of carbonyl (C=O) groups excluding carboxylic acids is 1. The maximum atomic E-state index is 12.7. The summed E-state index contributed by atoms with van der Waals surface area (Å²) in [5.41, 5.74) is 13.9. The normalized spacial score (nSPS) is 12.1. The zero-order valence-corrected chi connectivity index (χ0v) is 16.1. The molecule has 0 radical (unpaired) electrons. The first kappa shape index (κ1) is 21.1. The lowest BCUT2D eigenvalue weighted by atomic mass is 9.92. The maximum Gasteiger partial charge on any atom is 0.223 e. The van der Waals surface area contributed by atoms with Gasteiger partial charge >= 0.3 is 0 Å². The van der Waals surface area contributed by atoms with Crippen molar-refractivity contribution in [2.45, 2.75) is 44.6 Å². The predicted octanol–water partition coefficient (Wildman–Crippen LogP) is 3.05. The first-order chi connectivity index (χ1) is 13.2. The molecule has 0 aliphatic heterocycles. The second-order valence-corrected chi connectivity index (χ2v) is 7.17. The third-order valence-corrected chi connectivity index (χ3v) is 4.97. The van der Waals surface area contributed by atoms with Crippen molar-refractivity contribution in [3.63, 3.8) is 0 Å². The van der Waals surface area contributed by atoms with Gasteiger partial charge in [0.15, 0.2) is 0 Å². The zero-order chi connectivity index (χ0) is 19.3. The van der Waals surface area contributed by atoms with E-state index in [0.717, 1.165) is 38.5 Å². The minimum Gasteiger partial charge on any atom is -0.356 e. The molecule has 0 aliphatic carbocycles. The second kappa shape index (κ2) is 12.3. The molecule has 2 aromatic carbocycles. The third kappa shape index (κ3) is 8.37. The average Bonchev–Trinajstić information content (AvgIpc) is 2.72. The van der Waals surface area contributed by atoms with Gasteiger partial charge in [-0.15, -0.1) is 0 Å². The SMILES string of the molecule is NCC(N)CCCNC(=O)C(CCc1ccccc1)CCc1ccccc1. The van der Waals surface area contributed by atoms with Crippen molar-refractivity contribution in [1.82, 2.24) is 5.32 Å². The van der Waals surface area contributed by atoms with Crippen LogP contribution in [-0.4, -0.2) is 25.0 Å². The first-order valence-electron chi connectivity index (χ1n) is 10.00. The van der Waals surface area contributed by atoms with Gasteiger partial charge in [0.1, 0.15) is 0 Å². The Balaban J connectivity index is 1.86. The van der Waals surface area contributed by atoms with Gasteiger partial charge in [-0.25, -0.2) is 0 Å². The molecule has 1 amide bonds. The molecule has 5 N–H and O–H groups in total. The van der Waals surface area contributed by atoms with Gasteiger partial charge in [0.25, 0.3) is 0 Å². The summed E-state index contributed by atoms with van der Waals surface area (Å²) in [6.07, 6.45) is 5.29. The van der Waals surface area contributed by atoms with Gasteiger partial charge in [-0.2, -0.15) is 0 Å². The number of nitrogens with two attached hydrogens (primary N) is 2. The van der Waals surface area contributed by atoms with Crippen LogP contribution in [0.15, 0.2) is 60.7 Å². The van der Waals surface area contributed by atoms with E-state index >= 15 is 0 Å². The number of hydrogen-bond donors (Lipinski definition) is 3. The number of carbonyl (C=O) groups is 1. The topological polar surface area (TPSA) is 81.1 Å². The van der Waals surface area contributed by atoms with Crippen LogP contribution in [0.2, 0.25) is 0 Å². The number of amides is 1. The number of nitrogens with one attached hydrogen (secondary N) is 1. The van der Waals surface area contributed by atoms with E-state index in [2.05, 4.69) is 53.8 Å². The van der Waals surface area contributed by atoms with E-state index in [1.165, 1.54) is 11.1 Å². The standard InChI is InChI=1S/C23H33N3O/c24-18-22(25)12-7-17-26-23(27)21(15-13-19-8-3-1-4-9-19)16-14-20-10-5-2-6-11-20/h1-6,8-11,21-22H,7,12-18,24-25H2,(H,26,27). The van der Waals surface area contributed by atoms with Crippen LogP contribution >= 0.6 is 0 Å². The Bertz CT molecular complexity index is 602. The quantitative estimate of drug-likeness (QED) is 0.504. The van der Waals surface area contributed by atoms with Gasteiger partial charge in [-0.3, -0.25) is 4.79 Å². The Morgan fingerprint density at radius 3 is 1.85 bits per heavy atom. The highest BCUT2D eigenvalue weighted by Gasteiger charge is 2.18. The van der Waals surface area contributed by atoms with Gasteiger partial charge < -0.3 is 16.8 Å². The van der Waals surface area contributed by atoms with Crippen LogP contribution in [0.3, 0.4) is 0 Å². The number of benzene rings is 2. The minimum absolute atomic E-state index is 0.0218. The molecule has 0 aliphatic rings. The van der Waals surface area contributed by atoms with E-state index in [4.69, 9.17) is 11.5 Å². The molecule has 4 nitrogen and oxygen atoms in total. The Labute approximate surface area is 163 Å². The molecule has 2 rings (SSSR count). The molecule has 146 valence electrons. The Morgan fingerprint density at radius 2 is 1.37 bits per heavy atom. The van der Waals surface area contributed by atoms with Crippen LogP contribution in [0.1, 0.15) is 36.8 Å². The lowest BCUT2D eigenvalue weighted by Gasteiger charge is -2.17. The molecule has 0 bridgehead atoms. The van der Waals surface area contributed by atoms with E-state index in [1.807, 2.05) is 12.1 Å². The lowest BCUT2D eigenvalue weighted by molar-refractivity contribution is -0.125.